The summed E-state index contributed by atoms with van der Waals surface area (Å²) in [6.45, 7) is 2.67. The number of aliphatic hydroxyl groups is 1. The zero-order chi connectivity index (χ0) is 20.3. The Kier molecular flexibility index (Phi) is 6.72. The van der Waals surface area contributed by atoms with Gasteiger partial charge in [0, 0.05) is 19.6 Å². The molecule has 0 saturated carbocycles. The fourth-order valence-corrected chi connectivity index (χ4v) is 4.73. The number of nitrogens with zero attached hydrogens (tertiary/aromatic N) is 1. The number of piperidine rings is 1. The Balaban J connectivity index is 0.00000231. The van der Waals surface area contributed by atoms with Crippen molar-refractivity contribution in [1.29, 1.82) is 0 Å². The molecule has 2 nitrogen and oxygen atoms in total. The lowest BCUT2D eigenvalue weighted by Gasteiger charge is -2.32. The number of aliphatic hydroxyl groups excluding tert-OH is 1. The number of fused-ring (bicyclic) bond motifs is 2. The van der Waals surface area contributed by atoms with Gasteiger partial charge in [-0.3, -0.25) is 4.90 Å². The van der Waals surface area contributed by atoms with E-state index in [9.17, 15) is 5.11 Å². The van der Waals surface area contributed by atoms with Crippen LogP contribution in [0, 0.1) is 0 Å². The summed E-state index contributed by atoms with van der Waals surface area (Å²) in [5.74, 6) is 0. The van der Waals surface area contributed by atoms with Gasteiger partial charge < -0.3 is 5.11 Å². The number of halogens is 1. The van der Waals surface area contributed by atoms with E-state index in [4.69, 9.17) is 0 Å². The van der Waals surface area contributed by atoms with E-state index < -0.39 is 6.10 Å². The number of likely N-dealkylation sites (tertiary alicyclic amines) is 1. The Morgan fingerprint density at radius 1 is 0.710 bits per heavy atom. The van der Waals surface area contributed by atoms with Gasteiger partial charge in [-0.1, -0.05) is 96.6 Å². The van der Waals surface area contributed by atoms with Gasteiger partial charge in [-0.05, 0) is 46.2 Å². The predicted octanol–water partition coefficient (Wildman–Crippen LogP) is 6.22. The first-order valence-corrected chi connectivity index (χ1v) is 10.8. The highest BCUT2D eigenvalue weighted by atomic mass is 35.5. The number of hydrogen-bond acceptors (Lipinski definition) is 2. The maximum Gasteiger partial charge on any atom is 0.0916 e. The van der Waals surface area contributed by atoms with E-state index in [-0.39, 0.29) is 12.4 Å². The van der Waals surface area contributed by atoms with Crippen LogP contribution in [-0.2, 0) is 0 Å². The topological polar surface area (TPSA) is 23.5 Å². The summed E-state index contributed by atoms with van der Waals surface area (Å²) in [7, 11) is 0. The minimum atomic E-state index is -0.427. The van der Waals surface area contributed by atoms with Gasteiger partial charge in [0.15, 0.2) is 0 Å². The molecule has 0 aromatic heterocycles. The van der Waals surface area contributed by atoms with Crippen LogP contribution in [0.2, 0.25) is 0 Å². The predicted molar refractivity (Wildman–Crippen MR) is 132 cm³/mol. The van der Waals surface area contributed by atoms with Crippen molar-refractivity contribution in [3.05, 3.63) is 112 Å². The second-order valence-corrected chi connectivity index (χ2v) is 8.21. The monoisotopic (exact) mass is 429 g/mol. The van der Waals surface area contributed by atoms with Crippen molar-refractivity contribution in [2.24, 2.45) is 0 Å². The normalized spacial score (nSPS) is 16.7. The number of β-amino-alcohol motifs (C(OH)–C–C–N with tert-alkyl or cyclic N) is 1. The van der Waals surface area contributed by atoms with Crippen molar-refractivity contribution < 1.29 is 5.11 Å². The average Bonchev–Trinajstić information content (AvgIpc) is 2.97. The number of rotatable bonds is 3. The molecule has 1 saturated heterocycles. The highest BCUT2D eigenvalue weighted by Crippen LogP contribution is 2.38. The third-order valence-corrected chi connectivity index (χ3v) is 6.33. The average molecular weight is 430 g/mol. The maximum atomic E-state index is 10.6. The Morgan fingerprint density at radius 3 is 1.81 bits per heavy atom. The van der Waals surface area contributed by atoms with Gasteiger partial charge in [0.1, 0.15) is 0 Å². The molecule has 3 heteroatoms. The number of hydrogen-bond donors (Lipinski definition) is 1. The zero-order valence-corrected chi connectivity index (χ0v) is 18.4. The van der Waals surface area contributed by atoms with Crippen LogP contribution in [0.3, 0.4) is 0 Å². The first kappa shape index (κ1) is 21.6. The molecule has 3 aromatic rings. The first-order valence-electron chi connectivity index (χ1n) is 10.8. The SMILES string of the molecule is Cl.OC(CN1CCC(=C2c3ccccc3C=Cc3ccccc32)CC1)c1ccccc1. The molecule has 1 atom stereocenters. The van der Waals surface area contributed by atoms with Crippen molar-refractivity contribution in [3.63, 3.8) is 0 Å². The molecule has 1 aliphatic heterocycles. The van der Waals surface area contributed by atoms with E-state index in [1.54, 1.807) is 0 Å². The van der Waals surface area contributed by atoms with E-state index in [2.05, 4.69) is 65.6 Å². The lowest BCUT2D eigenvalue weighted by molar-refractivity contribution is 0.108. The van der Waals surface area contributed by atoms with Gasteiger partial charge >= 0.3 is 0 Å². The highest BCUT2D eigenvalue weighted by molar-refractivity contribution is 5.94. The van der Waals surface area contributed by atoms with Crippen LogP contribution < -0.4 is 0 Å². The van der Waals surface area contributed by atoms with Gasteiger partial charge in [0.05, 0.1) is 6.10 Å². The van der Waals surface area contributed by atoms with Gasteiger partial charge in [-0.25, -0.2) is 0 Å². The van der Waals surface area contributed by atoms with E-state index in [0.29, 0.717) is 6.54 Å². The minimum Gasteiger partial charge on any atom is -0.387 e. The molecule has 158 valence electrons. The van der Waals surface area contributed by atoms with Gasteiger partial charge in [0.25, 0.3) is 0 Å². The molecular formula is C28H28ClNO. The molecule has 1 N–H and O–H groups in total. The molecule has 0 radical (unpaired) electrons. The Bertz CT molecular complexity index is 1040. The summed E-state index contributed by atoms with van der Waals surface area (Å²) in [6.07, 6.45) is 6.14. The maximum absolute atomic E-state index is 10.6. The Hall–Kier alpha value is -2.65. The summed E-state index contributed by atoms with van der Waals surface area (Å²) in [6, 6.07) is 27.5. The third kappa shape index (κ3) is 4.52. The molecule has 1 aliphatic carbocycles. The molecule has 3 aromatic carbocycles. The molecule has 0 amide bonds. The fraction of sp³-hybridized carbons (Fsp3) is 0.214. The smallest absolute Gasteiger partial charge is 0.0916 e. The minimum absolute atomic E-state index is 0. The zero-order valence-electron chi connectivity index (χ0n) is 17.6. The second-order valence-electron chi connectivity index (χ2n) is 8.21. The number of benzene rings is 3. The summed E-state index contributed by atoms with van der Waals surface area (Å²) in [5, 5.41) is 10.6. The van der Waals surface area contributed by atoms with Crippen LogP contribution in [0.1, 0.15) is 46.8 Å². The van der Waals surface area contributed by atoms with Crippen LogP contribution in [0.25, 0.3) is 17.7 Å². The van der Waals surface area contributed by atoms with Crippen molar-refractivity contribution in [2.45, 2.75) is 18.9 Å². The van der Waals surface area contributed by atoms with Crippen molar-refractivity contribution in [2.75, 3.05) is 19.6 Å². The van der Waals surface area contributed by atoms with Crippen LogP contribution in [0.15, 0.2) is 84.4 Å². The van der Waals surface area contributed by atoms with Gasteiger partial charge in [-0.15, -0.1) is 12.4 Å². The molecule has 1 heterocycles. The molecule has 31 heavy (non-hydrogen) atoms. The van der Waals surface area contributed by atoms with Gasteiger partial charge in [-0.2, -0.15) is 0 Å². The summed E-state index contributed by atoms with van der Waals surface area (Å²) in [4.78, 5) is 2.40. The fourth-order valence-electron chi connectivity index (χ4n) is 4.73. The third-order valence-electron chi connectivity index (χ3n) is 6.33. The summed E-state index contributed by atoms with van der Waals surface area (Å²) < 4.78 is 0. The standard InChI is InChI=1S/C28H27NO.ClH/c30-27(23-10-2-1-3-11-23)20-29-18-16-24(17-19-29)28-25-12-6-4-8-21(25)14-15-22-9-5-7-13-26(22)28;/h1-15,27,30H,16-20H2;1H. The molecule has 1 unspecified atom stereocenters. The van der Waals surface area contributed by atoms with Crippen LogP contribution in [-0.4, -0.2) is 29.6 Å². The van der Waals surface area contributed by atoms with Crippen molar-refractivity contribution >= 4 is 30.1 Å². The van der Waals surface area contributed by atoms with E-state index >= 15 is 0 Å². The second kappa shape index (κ2) is 9.65. The van der Waals surface area contributed by atoms with Crippen molar-refractivity contribution in [1.82, 2.24) is 4.90 Å². The highest BCUT2D eigenvalue weighted by Gasteiger charge is 2.23. The molecule has 0 bridgehead atoms. The van der Waals surface area contributed by atoms with E-state index in [0.717, 1.165) is 31.5 Å². The molecule has 5 rings (SSSR count). The Morgan fingerprint density at radius 2 is 1.23 bits per heavy atom. The van der Waals surface area contributed by atoms with E-state index in [1.807, 2.05) is 30.3 Å². The first-order chi connectivity index (χ1) is 14.8. The molecule has 1 fully saturated rings. The summed E-state index contributed by atoms with van der Waals surface area (Å²) >= 11 is 0. The van der Waals surface area contributed by atoms with Crippen molar-refractivity contribution in [3.8, 4) is 0 Å². The molecule has 2 aliphatic rings. The van der Waals surface area contributed by atoms with Crippen LogP contribution in [0.5, 0.6) is 0 Å². The lowest BCUT2D eigenvalue weighted by atomic mass is 9.86. The van der Waals surface area contributed by atoms with Crippen LogP contribution in [0.4, 0.5) is 0 Å². The lowest BCUT2D eigenvalue weighted by Crippen LogP contribution is -2.34. The summed E-state index contributed by atoms with van der Waals surface area (Å²) in [5.41, 5.74) is 9.20. The van der Waals surface area contributed by atoms with E-state index in [1.165, 1.54) is 33.4 Å². The Labute approximate surface area is 191 Å². The van der Waals surface area contributed by atoms with Crippen LogP contribution >= 0.6 is 12.4 Å². The molecular weight excluding hydrogens is 402 g/mol. The van der Waals surface area contributed by atoms with Gasteiger partial charge in [0.2, 0.25) is 0 Å². The molecule has 0 spiro atoms. The largest absolute Gasteiger partial charge is 0.387 e. The quantitative estimate of drug-likeness (QED) is 0.417.